The molecule has 1 aliphatic carbocycles. The molecule has 1 amide bonds. The lowest BCUT2D eigenvalue weighted by atomic mass is 10.1. The van der Waals surface area contributed by atoms with Gasteiger partial charge in [-0.1, -0.05) is 6.07 Å². The van der Waals surface area contributed by atoms with Gasteiger partial charge in [0.1, 0.15) is 0 Å². The van der Waals surface area contributed by atoms with Crippen LogP contribution in [0.25, 0.3) is 0 Å². The molecule has 1 aliphatic heterocycles. The van der Waals surface area contributed by atoms with Crippen molar-refractivity contribution in [1.29, 1.82) is 0 Å². The molecule has 1 aromatic carbocycles. The van der Waals surface area contributed by atoms with Gasteiger partial charge in [0.05, 0.1) is 6.61 Å². The molecule has 1 saturated carbocycles. The van der Waals surface area contributed by atoms with E-state index in [1.807, 2.05) is 0 Å². The highest BCUT2D eigenvalue weighted by Gasteiger charge is 2.46. The fourth-order valence-electron chi connectivity index (χ4n) is 2.53. The van der Waals surface area contributed by atoms with Crippen molar-refractivity contribution in [2.24, 2.45) is 5.92 Å². The van der Waals surface area contributed by atoms with Crippen molar-refractivity contribution in [2.75, 3.05) is 13.2 Å². The number of halogens is 2. The second kappa shape index (κ2) is 4.89. The van der Waals surface area contributed by atoms with Gasteiger partial charge in [-0.15, -0.1) is 0 Å². The molecule has 2 atom stereocenters. The molecule has 3 nitrogen and oxygen atoms in total. The summed E-state index contributed by atoms with van der Waals surface area (Å²) in [5.74, 6) is -1.90. The van der Waals surface area contributed by atoms with E-state index in [-0.39, 0.29) is 17.7 Å². The summed E-state index contributed by atoms with van der Waals surface area (Å²) in [6, 6.07) is 3.85. The molecular weight excluding hydrogens is 252 g/mol. The number of hydrogen-bond donors (Lipinski definition) is 0. The van der Waals surface area contributed by atoms with E-state index < -0.39 is 11.6 Å². The van der Waals surface area contributed by atoms with Gasteiger partial charge in [0.2, 0.25) is 5.91 Å². The molecule has 0 bridgehead atoms. The zero-order valence-corrected chi connectivity index (χ0v) is 10.4. The highest BCUT2D eigenvalue weighted by atomic mass is 19.2. The van der Waals surface area contributed by atoms with Gasteiger partial charge in [0.25, 0.3) is 0 Å². The molecule has 0 unspecified atom stereocenters. The molecule has 5 heteroatoms. The minimum Gasteiger partial charge on any atom is -0.272 e. The Kier molecular flexibility index (Phi) is 3.22. The van der Waals surface area contributed by atoms with Gasteiger partial charge in [-0.3, -0.25) is 9.63 Å². The zero-order chi connectivity index (χ0) is 13.4. The molecule has 3 rings (SSSR count). The number of carbonyl (C=O) groups excluding carboxylic acids is 1. The van der Waals surface area contributed by atoms with Gasteiger partial charge in [-0.05, 0) is 42.9 Å². The first-order valence-corrected chi connectivity index (χ1v) is 6.56. The third-order valence-corrected chi connectivity index (χ3v) is 3.73. The molecule has 0 radical (unpaired) electrons. The fourth-order valence-corrected chi connectivity index (χ4v) is 2.53. The summed E-state index contributed by atoms with van der Waals surface area (Å²) in [5, 5.41) is 1.42. The highest BCUT2D eigenvalue weighted by molar-refractivity contribution is 5.82. The van der Waals surface area contributed by atoms with E-state index >= 15 is 0 Å². The minimum atomic E-state index is -0.857. The van der Waals surface area contributed by atoms with E-state index in [0.29, 0.717) is 25.1 Å². The second-order valence-electron chi connectivity index (χ2n) is 5.10. The topological polar surface area (TPSA) is 29.5 Å². The molecule has 0 N–H and O–H groups in total. The summed E-state index contributed by atoms with van der Waals surface area (Å²) >= 11 is 0. The Bertz CT molecular complexity index is 500. The van der Waals surface area contributed by atoms with E-state index in [4.69, 9.17) is 4.84 Å². The van der Waals surface area contributed by atoms with Crippen LogP contribution in [0.2, 0.25) is 0 Å². The van der Waals surface area contributed by atoms with Gasteiger partial charge in [0.15, 0.2) is 11.6 Å². The first kappa shape index (κ1) is 12.5. The Labute approximate surface area is 110 Å². The molecule has 1 aromatic rings. The lowest BCUT2D eigenvalue weighted by Crippen LogP contribution is -2.37. The van der Waals surface area contributed by atoms with E-state index in [1.165, 1.54) is 11.1 Å². The summed E-state index contributed by atoms with van der Waals surface area (Å²) in [5.41, 5.74) is 0.689. The van der Waals surface area contributed by atoms with Crippen molar-refractivity contribution in [1.82, 2.24) is 5.06 Å². The Morgan fingerprint density at radius 2 is 2.11 bits per heavy atom. The van der Waals surface area contributed by atoms with Crippen molar-refractivity contribution >= 4 is 5.91 Å². The molecule has 0 spiro atoms. The van der Waals surface area contributed by atoms with Crippen molar-refractivity contribution in [3.63, 3.8) is 0 Å². The maximum Gasteiger partial charge on any atom is 0.249 e. The minimum absolute atomic E-state index is 0.00636. The van der Waals surface area contributed by atoms with Gasteiger partial charge in [-0.2, -0.15) is 0 Å². The van der Waals surface area contributed by atoms with Gasteiger partial charge in [0, 0.05) is 12.5 Å². The first-order valence-electron chi connectivity index (χ1n) is 6.56. The zero-order valence-electron chi connectivity index (χ0n) is 10.4. The van der Waals surface area contributed by atoms with Crippen molar-refractivity contribution in [3.05, 3.63) is 35.4 Å². The van der Waals surface area contributed by atoms with E-state index in [1.54, 1.807) is 6.07 Å². The normalized spacial score (nSPS) is 26.3. The average Bonchev–Trinajstić information content (AvgIpc) is 3.22. The largest absolute Gasteiger partial charge is 0.272 e. The molecule has 1 saturated heterocycles. The number of carbonyl (C=O) groups is 1. The Balaban J connectivity index is 1.66. The van der Waals surface area contributed by atoms with E-state index in [2.05, 4.69) is 0 Å². The summed E-state index contributed by atoms with van der Waals surface area (Å²) in [4.78, 5) is 17.4. The van der Waals surface area contributed by atoms with Crippen LogP contribution in [-0.2, 0) is 9.63 Å². The standard InChI is InChI=1S/C14H15F2NO2/c15-12-4-3-9(7-13(12)16)10-8-11(10)14(18)17-5-1-2-6-19-17/h3-4,7,10-11H,1-2,5-6,8H2/t10-,11+/m1/s1. The number of amides is 1. The quantitative estimate of drug-likeness (QED) is 0.824. The lowest BCUT2D eigenvalue weighted by Gasteiger charge is -2.26. The van der Waals surface area contributed by atoms with E-state index in [0.717, 1.165) is 18.9 Å². The molecule has 0 aromatic heterocycles. The van der Waals surface area contributed by atoms with Gasteiger partial charge >= 0.3 is 0 Å². The van der Waals surface area contributed by atoms with Crippen LogP contribution in [0.4, 0.5) is 8.78 Å². The first-order chi connectivity index (χ1) is 9.16. The van der Waals surface area contributed by atoms with Crippen LogP contribution in [0.1, 0.15) is 30.7 Å². The number of nitrogens with zero attached hydrogens (tertiary/aromatic N) is 1. The Morgan fingerprint density at radius 1 is 1.26 bits per heavy atom. The lowest BCUT2D eigenvalue weighted by molar-refractivity contribution is -0.198. The van der Waals surface area contributed by atoms with E-state index in [9.17, 15) is 13.6 Å². The van der Waals surface area contributed by atoms with Crippen LogP contribution in [-0.4, -0.2) is 24.1 Å². The van der Waals surface area contributed by atoms with Crippen LogP contribution in [0, 0.1) is 17.6 Å². The SMILES string of the molecule is O=C([C@H]1C[C@@H]1c1ccc(F)c(F)c1)N1CCCCO1. The summed E-state index contributed by atoms with van der Waals surface area (Å²) in [6.45, 7) is 1.20. The maximum atomic E-state index is 13.2. The predicted molar refractivity (Wildman–Crippen MR) is 64.1 cm³/mol. The maximum absolute atomic E-state index is 13.2. The number of hydrogen-bond acceptors (Lipinski definition) is 2. The van der Waals surface area contributed by atoms with Crippen LogP contribution in [0.5, 0.6) is 0 Å². The average molecular weight is 267 g/mol. The van der Waals surface area contributed by atoms with Crippen LogP contribution in [0.15, 0.2) is 18.2 Å². The van der Waals surface area contributed by atoms with Gasteiger partial charge in [-0.25, -0.2) is 13.8 Å². The smallest absolute Gasteiger partial charge is 0.249 e. The monoisotopic (exact) mass is 267 g/mol. The number of hydroxylamine groups is 2. The second-order valence-corrected chi connectivity index (χ2v) is 5.10. The molecule has 2 aliphatic rings. The number of benzene rings is 1. The summed E-state index contributed by atoms with van der Waals surface area (Å²) in [6.07, 6.45) is 2.61. The summed E-state index contributed by atoms with van der Waals surface area (Å²) < 4.78 is 26.0. The molecule has 1 heterocycles. The third kappa shape index (κ3) is 2.47. The summed E-state index contributed by atoms with van der Waals surface area (Å²) in [7, 11) is 0. The molecule has 2 fully saturated rings. The molecule has 19 heavy (non-hydrogen) atoms. The van der Waals surface area contributed by atoms with Crippen molar-refractivity contribution in [2.45, 2.75) is 25.2 Å². The van der Waals surface area contributed by atoms with Crippen molar-refractivity contribution in [3.8, 4) is 0 Å². The van der Waals surface area contributed by atoms with Crippen LogP contribution < -0.4 is 0 Å². The Morgan fingerprint density at radius 3 is 2.79 bits per heavy atom. The van der Waals surface area contributed by atoms with Crippen LogP contribution in [0.3, 0.4) is 0 Å². The van der Waals surface area contributed by atoms with Crippen molar-refractivity contribution < 1.29 is 18.4 Å². The number of rotatable bonds is 2. The van der Waals surface area contributed by atoms with Crippen LogP contribution >= 0.6 is 0 Å². The fraction of sp³-hybridized carbons (Fsp3) is 0.500. The molecule has 102 valence electrons. The third-order valence-electron chi connectivity index (χ3n) is 3.73. The van der Waals surface area contributed by atoms with Gasteiger partial charge < -0.3 is 0 Å². The Hall–Kier alpha value is -1.49. The predicted octanol–water partition coefficient (Wildman–Crippen LogP) is 2.62. The highest BCUT2D eigenvalue weighted by Crippen LogP contribution is 2.48. The molecular formula is C14H15F2NO2.